The molecule has 0 amide bonds. The van der Waals surface area contributed by atoms with Gasteiger partial charge in [-0.1, -0.05) is 264 Å². The number of nitrogens with zero attached hydrogens (tertiary/aromatic N) is 1. The average Bonchev–Trinajstić information content (AvgIpc) is 3.44. The zero-order valence-electron chi connectivity index (χ0n) is 52.9. The summed E-state index contributed by atoms with van der Waals surface area (Å²) in [5, 5.41) is 9.73. The molecular weight excluding hydrogens is 1010 g/mol. The van der Waals surface area contributed by atoms with Crippen LogP contribution in [-0.4, -0.2) is 87.4 Å². The van der Waals surface area contributed by atoms with Gasteiger partial charge >= 0.3 is 17.9 Å². The molecule has 0 radical (unpaired) electrons. The molecule has 2 atom stereocenters. The van der Waals surface area contributed by atoms with Crippen LogP contribution in [0, 0.1) is 0 Å². The van der Waals surface area contributed by atoms with Gasteiger partial charge in [-0.2, -0.15) is 0 Å². The van der Waals surface area contributed by atoms with E-state index in [0.717, 1.165) is 89.9 Å². The van der Waals surface area contributed by atoms with Crippen LogP contribution < -0.4 is 0 Å². The summed E-state index contributed by atoms with van der Waals surface area (Å²) in [6.45, 7) is 4.77. The Bertz CT molecular complexity index is 1700. The lowest BCUT2D eigenvalue weighted by Crippen LogP contribution is -2.40. The first-order chi connectivity index (χ1) is 39.6. The Hall–Kier alpha value is -4.05. The zero-order valence-corrected chi connectivity index (χ0v) is 52.9. The third-order valence-corrected chi connectivity index (χ3v) is 14.0. The predicted molar refractivity (Wildman–Crippen MR) is 345 cm³/mol. The number of ether oxygens (including phenoxy) is 4. The molecule has 0 rings (SSSR count). The van der Waals surface area contributed by atoms with E-state index in [1.54, 1.807) is 0 Å². The first kappa shape index (κ1) is 77.0. The SMILES string of the molecule is CC/C=C\C/C=C\C/C=C\C/C=C\C/C=C\C/C=C\C/C=C\C/C=C\CCCCCCCCCCCCCCC(=O)OC(COC(=O)CCCCCCCCCCC/C=C\CCCCCCCC)COC(OCC[N+](C)(C)C)C(=O)O. The van der Waals surface area contributed by atoms with Crippen LogP contribution in [0.1, 0.15) is 271 Å². The fourth-order valence-corrected chi connectivity index (χ4v) is 8.97. The normalized spacial score (nSPS) is 13.4. The molecule has 0 heterocycles. The van der Waals surface area contributed by atoms with Crippen molar-refractivity contribution >= 4 is 17.9 Å². The molecule has 0 spiro atoms. The maximum absolute atomic E-state index is 12.9. The number of unbranched alkanes of at least 4 members (excludes halogenated alkanes) is 27. The second-order valence-electron chi connectivity index (χ2n) is 23.0. The molecule has 81 heavy (non-hydrogen) atoms. The van der Waals surface area contributed by atoms with Crippen molar-refractivity contribution < 1.29 is 42.9 Å². The lowest BCUT2D eigenvalue weighted by Gasteiger charge is -2.25. The number of allylic oxidation sites excluding steroid dienone is 18. The molecule has 0 bridgehead atoms. The van der Waals surface area contributed by atoms with Gasteiger partial charge in [-0.25, -0.2) is 4.79 Å². The Labute approximate surface area is 498 Å². The highest BCUT2D eigenvalue weighted by molar-refractivity contribution is 5.71. The Morgan fingerprint density at radius 3 is 1.06 bits per heavy atom. The highest BCUT2D eigenvalue weighted by Gasteiger charge is 2.25. The van der Waals surface area contributed by atoms with E-state index >= 15 is 0 Å². The lowest BCUT2D eigenvalue weighted by atomic mass is 10.0. The summed E-state index contributed by atoms with van der Waals surface area (Å²) in [4.78, 5) is 37.5. The molecular formula is C72H124NO8+. The number of carboxylic acid groups (broad SMARTS) is 1. The van der Waals surface area contributed by atoms with Crippen LogP contribution in [0.25, 0.3) is 0 Å². The number of carbonyl (C=O) groups excluding carboxylic acids is 2. The molecule has 464 valence electrons. The molecule has 0 aromatic rings. The number of carboxylic acids is 1. The summed E-state index contributed by atoms with van der Waals surface area (Å²) in [6.07, 6.45) is 83.2. The van der Waals surface area contributed by atoms with Crippen LogP contribution >= 0.6 is 0 Å². The minimum absolute atomic E-state index is 0.184. The van der Waals surface area contributed by atoms with Gasteiger partial charge in [0.2, 0.25) is 0 Å². The number of rotatable bonds is 60. The highest BCUT2D eigenvalue weighted by Crippen LogP contribution is 2.16. The second-order valence-corrected chi connectivity index (χ2v) is 23.0. The van der Waals surface area contributed by atoms with Crippen LogP contribution in [0.15, 0.2) is 109 Å². The second kappa shape index (κ2) is 62.0. The number of quaternary nitrogens is 1. The van der Waals surface area contributed by atoms with Gasteiger partial charge in [-0.05, 0) is 103 Å². The number of carbonyl (C=O) groups is 3. The van der Waals surface area contributed by atoms with Crippen LogP contribution in [0.3, 0.4) is 0 Å². The van der Waals surface area contributed by atoms with Crippen LogP contribution in [0.5, 0.6) is 0 Å². The van der Waals surface area contributed by atoms with Crippen molar-refractivity contribution in [2.45, 2.75) is 283 Å². The van der Waals surface area contributed by atoms with E-state index in [0.29, 0.717) is 23.9 Å². The van der Waals surface area contributed by atoms with Gasteiger partial charge in [-0.3, -0.25) is 9.59 Å². The maximum Gasteiger partial charge on any atom is 0.361 e. The van der Waals surface area contributed by atoms with E-state index in [1.807, 2.05) is 21.1 Å². The van der Waals surface area contributed by atoms with Crippen molar-refractivity contribution in [2.75, 3.05) is 47.5 Å². The van der Waals surface area contributed by atoms with E-state index in [2.05, 4.69) is 123 Å². The van der Waals surface area contributed by atoms with Crippen molar-refractivity contribution in [3.8, 4) is 0 Å². The quantitative estimate of drug-likeness (QED) is 0.0211. The van der Waals surface area contributed by atoms with E-state index < -0.39 is 24.3 Å². The van der Waals surface area contributed by atoms with Crippen LogP contribution in [0.2, 0.25) is 0 Å². The fraction of sp³-hybridized carbons (Fsp3) is 0.708. The summed E-state index contributed by atoms with van der Waals surface area (Å²) in [5.74, 6) is -2.01. The van der Waals surface area contributed by atoms with Crippen molar-refractivity contribution in [3.63, 3.8) is 0 Å². The highest BCUT2D eigenvalue weighted by atomic mass is 16.7. The largest absolute Gasteiger partial charge is 0.477 e. The van der Waals surface area contributed by atoms with Gasteiger partial charge in [-0.15, -0.1) is 0 Å². The fourth-order valence-electron chi connectivity index (χ4n) is 8.97. The monoisotopic (exact) mass is 1130 g/mol. The number of hydrogen-bond donors (Lipinski definition) is 1. The molecule has 0 aromatic carbocycles. The topological polar surface area (TPSA) is 108 Å². The molecule has 0 saturated carbocycles. The van der Waals surface area contributed by atoms with Gasteiger partial charge in [0.1, 0.15) is 13.2 Å². The molecule has 0 aliphatic heterocycles. The predicted octanol–water partition coefficient (Wildman–Crippen LogP) is 20.2. The van der Waals surface area contributed by atoms with Gasteiger partial charge in [0, 0.05) is 12.8 Å². The molecule has 2 unspecified atom stereocenters. The summed E-state index contributed by atoms with van der Waals surface area (Å²) in [5.41, 5.74) is 0. The molecule has 0 aliphatic carbocycles. The van der Waals surface area contributed by atoms with Gasteiger partial charge in [0.05, 0.1) is 34.4 Å². The van der Waals surface area contributed by atoms with E-state index in [4.69, 9.17) is 18.9 Å². The zero-order chi connectivity index (χ0) is 59.1. The molecule has 1 N–H and O–H groups in total. The van der Waals surface area contributed by atoms with E-state index in [-0.39, 0.29) is 32.2 Å². The molecule has 9 nitrogen and oxygen atoms in total. The Morgan fingerprint density at radius 2 is 0.704 bits per heavy atom. The Balaban J connectivity index is 4.14. The van der Waals surface area contributed by atoms with Crippen LogP contribution in [0.4, 0.5) is 0 Å². The van der Waals surface area contributed by atoms with Gasteiger partial charge < -0.3 is 28.5 Å². The smallest absolute Gasteiger partial charge is 0.361 e. The number of hydrogen-bond acceptors (Lipinski definition) is 7. The van der Waals surface area contributed by atoms with E-state index in [1.165, 1.54) is 148 Å². The van der Waals surface area contributed by atoms with Gasteiger partial charge in [0.15, 0.2) is 6.10 Å². The summed E-state index contributed by atoms with van der Waals surface area (Å²) < 4.78 is 22.9. The minimum atomic E-state index is -1.52. The van der Waals surface area contributed by atoms with E-state index in [9.17, 15) is 19.5 Å². The minimum Gasteiger partial charge on any atom is -0.477 e. The number of aliphatic carboxylic acids is 1. The van der Waals surface area contributed by atoms with Crippen molar-refractivity contribution in [3.05, 3.63) is 109 Å². The molecule has 0 aliphatic rings. The maximum atomic E-state index is 12.9. The molecule has 0 fully saturated rings. The molecule has 0 aromatic heterocycles. The lowest BCUT2D eigenvalue weighted by molar-refractivity contribution is -0.870. The summed E-state index contributed by atoms with van der Waals surface area (Å²) in [6, 6.07) is 0. The average molecular weight is 1130 g/mol. The third-order valence-electron chi connectivity index (χ3n) is 14.0. The Kier molecular flexibility index (Phi) is 58.9. The van der Waals surface area contributed by atoms with Crippen molar-refractivity contribution in [2.24, 2.45) is 0 Å². The first-order valence-corrected chi connectivity index (χ1v) is 33.1. The van der Waals surface area contributed by atoms with Crippen molar-refractivity contribution in [1.29, 1.82) is 0 Å². The standard InChI is InChI=1S/C72H123NO8/c1-6-8-10-12-14-16-18-20-22-24-26-27-28-29-30-31-32-33-34-35-36-37-38-39-40-41-42-43-45-47-49-51-53-55-57-59-61-63-70(75)81-68(67-80-72(71(76)77)78-65-64-73(3,4)5)66-79-69(74)62-60-58-56-54-52-50-48-46-44-25-23-21-19-17-15-13-11-9-7-2/h8,10,14,16,20-23,26-27,29-30,32-33,35-36,38-39,68,72H,6-7,9,11-13,15,17-19,24-25,28,31,34,37,40-67H2,1-5H3/p+1/b10-8-,16-14-,22-20-,23-21-,27-26-,30-29-,33-32-,36-35-,39-38-. The molecule has 0 saturated heterocycles. The Morgan fingerprint density at radius 1 is 0.383 bits per heavy atom. The molecule has 9 heteroatoms. The first-order valence-electron chi connectivity index (χ1n) is 33.1. The van der Waals surface area contributed by atoms with Crippen molar-refractivity contribution in [1.82, 2.24) is 0 Å². The number of esters is 2. The van der Waals surface area contributed by atoms with Crippen LogP contribution in [-0.2, 0) is 33.3 Å². The number of likely N-dealkylation sites (N-methyl/N-ethyl adjacent to an activating group) is 1. The van der Waals surface area contributed by atoms with Gasteiger partial charge in [0.25, 0.3) is 6.29 Å². The summed E-state index contributed by atoms with van der Waals surface area (Å²) in [7, 11) is 5.97. The third kappa shape index (κ3) is 63.4. The summed E-state index contributed by atoms with van der Waals surface area (Å²) >= 11 is 0.